The number of thiazole rings is 1. The van der Waals surface area contributed by atoms with Crippen LogP contribution in [0.2, 0.25) is 0 Å². The van der Waals surface area contributed by atoms with Crippen molar-refractivity contribution in [1.82, 2.24) is 14.7 Å². The Hall–Kier alpha value is -2.19. The average molecular weight is 421 g/mol. The summed E-state index contributed by atoms with van der Waals surface area (Å²) in [5, 5.41) is 7.55. The van der Waals surface area contributed by atoms with Crippen LogP contribution < -0.4 is 10.6 Å². The van der Waals surface area contributed by atoms with Crippen LogP contribution in [-0.4, -0.2) is 27.7 Å². The quantitative estimate of drug-likeness (QED) is 0.642. The zero-order chi connectivity index (χ0) is 17.8. The second kappa shape index (κ2) is 7.79. The number of amides is 2. The van der Waals surface area contributed by atoms with E-state index in [0.29, 0.717) is 6.54 Å². The number of aromatic nitrogens is 2. The van der Waals surface area contributed by atoms with Crippen LogP contribution in [0.25, 0.3) is 4.96 Å². The van der Waals surface area contributed by atoms with Crippen molar-refractivity contribution in [3.63, 3.8) is 0 Å². The SMILES string of the molecule is Cc1ccc(Br)cc1NC(=O)CCNC(=O)Cc1cn2ccsc2n1. The minimum Gasteiger partial charge on any atom is -0.355 e. The summed E-state index contributed by atoms with van der Waals surface area (Å²) in [4.78, 5) is 29.2. The fourth-order valence-corrected chi connectivity index (χ4v) is 3.43. The third-order valence-electron chi connectivity index (χ3n) is 3.63. The van der Waals surface area contributed by atoms with Gasteiger partial charge in [-0.2, -0.15) is 0 Å². The van der Waals surface area contributed by atoms with Gasteiger partial charge in [0, 0.05) is 40.9 Å². The molecule has 0 radical (unpaired) electrons. The van der Waals surface area contributed by atoms with Crippen LogP contribution >= 0.6 is 27.3 Å². The lowest BCUT2D eigenvalue weighted by molar-refractivity contribution is -0.120. The summed E-state index contributed by atoms with van der Waals surface area (Å²) in [7, 11) is 0. The van der Waals surface area contributed by atoms with Crippen molar-refractivity contribution in [2.45, 2.75) is 19.8 Å². The van der Waals surface area contributed by atoms with Crippen molar-refractivity contribution in [3.8, 4) is 0 Å². The molecule has 0 aliphatic rings. The molecule has 0 aliphatic carbocycles. The number of nitrogens with zero attached hydrogens (tertiary/aromatic N) is 2. The number of aryl methyl sites for hydroxylation is 1. The molecular weight excluding hydrogens is 404 g/mol. The smallest absolute Gasteiger partial charge is 0.226 e. The Morgan fingerprint density at radius 3 is 2.96 bits per heavy atom. The molecule has 3 aromatic rings. The van der Waals surface area contributed by atoms with Gasteiger partial charge in [0.25, 0.3) is 0 Å². The highest BCUT2D eigenvalue weighted by molar-refractivity contribution is 9.10. The van der Waals surface area contributed by atoms with Crippen molar-refractivity contribution in [3.05, 3.63) is 51.7 Å². The topological polar surface area (TPSA) is 75.5 Å². The molecule has 6 nitrogen and oxygen atoms in total. The number of hydrogen-bond donors (Lipinski definition) is 2. The van der Waals surface area contributed by atoms with E-state index in [-0.39, 0.29) is 24.7 Å². The zero-order valence-corrected chi connectivity index (χ0v) is 16.0. The Morgan fingerprint density at radius 1 is 1.32 bits per heavy atom. The van der Waals surface area contributed by atoms with Gasteiger partial charge < -0.3 is 10.6 Å². The average Bonchev–Trinajstić information content (AvgIpc) is 3.12. The fraction of sp³-hybridized carbons (Fsp3) is 0.235. The van der Waals surface area contributed by atoms with Crippen LogP contribution in [-0.2, 0) is 16.0 Å². The summed E-state index contributed by atoms with van der Waals surface area (Å²) in [6.07, 6.45) is 4.17. The molecule has 1 aromatic carbocycles. The van der Waals surface area contributed by atoms with Crippen LogP contribution in [0.5, 0.6) is 0 Å². The van der Waals surface area contributed by atoms with Crippen LogP contribution in [0.3, 0.4) is 0 Å². The molecule has 0 aliphatic heterocycles. The van der Waals surface area contributed by atoms with E-state index in [1.54, 1.807) is 0 Å². The molecule has 2 amide bonds. The number of halogens is 1. The highest BCUT2D eigenvalue weighted by Crippen LogP contribution is 2.20. The first-order valence-corrected chi connectivity index (χ1v) is 9.42. The Morgan fingerprint density at radius 2 is 2.16 bits per heavy atom. The maximum Gasteiger partial charge on any atom is 0.226 e. The normalized spacial score (nSPS) is 10.8. The fourth-order valence-electron chi connectivity index (χ4n) is 2.35. The minimum atomic E-state index is -0.141. The van der Waals surface area contributed by atoms with Gasteiger partial charge in [-0.3, -0.25) is 14.0 Å². The summed E-state index contributed by atoms with van der Waals surface area (Å²) in [5.74, 6) is -0.277. The minimum absolute atomic E-state index is 0.135. The van der Waals surface area contributed by atoms with Crippen LogP contribution in [0.15, 0.2) is 40.4 Å². The third-order valence-corrected chi connectivity index (χ3v) is 4.90. The Balaban J connectivity index is 1.44. The largest absolute Gasteiger partial charge is 0.355 e. The number of fused-ring (bicyclic) bond motifs is 1. The van der Waals surface area contributed by atoms with Gasteiger partial charge in [-0.25, -0.2) is 4.98 Å². The molecule has 2 heterocycles. The van der Waals surface area contributed by atoms with E-state index in [0.717, 1.165) is 26.4 Å². The molecule has 130 valence electrons. The lowest BCUT2D eigenvalue weighted by Gasteiger charge is -2.09. The number of imidazole rings is 1. The first kappa shape index (κ1) is 17.6. The summed E-state index contributed by atoms with van der Waals surface area (Å²) in [6.45, 7) is 2.22. The van der Waals surface area contributed by atoms with E-state index in [1.807, 2.05) is 47.3 Å². The van der Waals surface area contributed by atoms with Gasteiger partial charge in [0.05, 0.1) is 12.1 Å². The summed E-state index contributed by atoms with van der Waals surface area (Å²) in [6, 6.07) is 5.71. The van der Waals surface area contributed by atoms with Crippen LogP contribution in [0, 0.1) is 6.92 Å². The predicted octanol–water partition coefficient (Wildman–Crippen LogP) is 3.15. The molecule has 25 heavy (non-hydrogen) atoms. The van der Waals surface area contributed by atoms with E-state index >= 15 is 0 Å². The second-order valence-electron chi connectivity index (χ2n) is 5.61. The van der Waals surface area contributed by atoms with Gasteiger partial charge in [0.15, 0.2) is 4.96 Å². The zero-order valence-electron chi connectivity index (χ0n) is 13.6. The standard InChI is InChI=1S/C17H17BrN4O2S/c1-11-2-3-12(18)8-14(11)21-15(23)4-5-19-16(24)9-13-10-22-6-7-25-17(22)20-13/h2-3,6-8,10H,4-5,9H2,1H3,(H,19,24)(H,21,23). The monoisotopic (exact) mass is 420 g/mol. The number of carbonyl (C=O) groups excluding carboxylic acids is 2. The molecule has 0 spiro atoms. The molecule has 0 bridgehead atoms. The highest BCUT2D eigenvalue weighted by atomic mass is 79.9. The van der Waals surface area contributed by atoms with E-state index in [1.165, 1.54) is 11.3 Å². The van der Waals surface area contributed by atoms with Crippen molar-refractivity contribution >= 4 is 49.7 Å². The van der Waals surface area contributed by atoms with Gasteiger partial charge in [0.1, 0.15) is 0 Å². The van der Waals surface area contributed by atoms with Crippen LogP contribution in [0.1, 0.15) is 17.7 Å². The predicted molar refractivity (Wildman–Crippen MR) is 102 cm³/mol. The molecule has 0 atom stereocenters. The first-order valence-electron chi connectivity index (χ1n) is 7.75. The van der Waals surface area contributed by atoms with Gasteiger partial charge >= 0.3 is 0 Å². The molecule has 3 rings (SSSR count). The Kier molecular flexibility index (Phi) is 5.50. The summed E-state index contributed by atoms with van der Waals surface area (Å²) >= 11 is 4.91. The molecule has 0 fully saturated rings. The van der Waals surface area contributed by atoms with Gasteiger partial charge in [0.2, 0.25) is 11.8 Å². The summed E-state index contributed by atoms with van der Waals surface area (Å²) < 4.78 is 2.79. The Bertz CT molecular complexity index is 890. The molecule has 2 N–H and O–H groups in total. The second-order valence-corrected chi connectivity index (χ2v) is 7.40. The van der Waals surface area contributed by atoms with Crippen LogP contribution in [0.4, 0.5) is 5.69 Å². The molecule has 2 aromatic heterocycles. The van der Waals surface area contributed by atoms with E-state index in [9.17, 15) is 9.59 Å². The first-order chi connectivity index (χ1) is 12.0. The number of carbonyl (C=O) groups is 2. The van der Waals surface area contributed by atoms with Crippen molar-refractivity contribution < 1.29 is 9.59 Å². The number of hydrogen-bond acceptors (Lipinski definition) is 4. The Labute approximate surface area is 157 Å². The van der Waals surface area contributed by atoms with E-state index < -0.39 is 0 Å². The number of benzene rings is 1. The van der Waals surface area contributed by atoms with E-state index in [2.05, 4.69) is 31.5 Å². The molecule has 8 heteroatoms. The van der Waals surface area contributed by atoms with E-state index in [4.69, 9.17) is 0 Å². The van der Waals surface area contributed by atoms with Crippen molar-refractivity contribution in [1.29, 1.82) is 0 Å². The lowest BCUT2D eigenvalue weighted by atomic mass is 10.2. The molecular formula is C17H17BrN4O2S. The van der Waals surface area contributed by atoms with Crippen molar-refractivity contribution in [2.75, 3.05) is 11.9 Å². The third kappa shape index (κ3) is 4.67. The number of nitrogens with one attached hydrogen (secondary N) is 2. The number of rotatable bonds is 6. The van der Waals surface area contributed by atoms with Gasteiger partial charge in [-0.05, 0) is 24.6 Å². The van der Waals surface area contributed by atoms with Crippen molar-refractivity contribution in [2.24, 2.45) is 0 Å². The van der Waals surface area contributed by atoms with Gasteiger partial charge in [-0.1, -0.05) is 22.0 Å². The highest BCUT2D eigenvalue weighted by Gasteiger charge is 2.10. The maximum absolute atomic E-state index is 12.0. The van der Waals surface area contributed by atoms with Gasteiger partial charge in [-0.15, -0.1) is 11.3 Å². The lowest BCUT2D eigenvalue weighted by Crippen LogP contribution is -2.29. The molecule has 0 unspecified atom stereocenters. The number of anilines is 1. The summed E-state index contributed by atoms with van der Waals surface area (Å²) in [5.41, 5.74) is 2.47. The maximum atomic E-state index is 12.0. The molecule has 0 saturated carbocycles. The molecule has 0 saturated heterocycles.